The van der Waals surface area contributed by atoms with Crippen molar-refractivity contribution >= 4 is 0 Å². The monoisotopic (exact) mass is 315 g/mol. The Morgan fingerprint density at radius 3 is 3.00 bits per heavy atom. The Labute approximate surface area is 136 Å². The summed E-state index contributed by atoms with van der Waals surface area (Å²) in [5.74, 6) is 1.25. The van der Waals surface area contributed by atoms with Crippen molar-refractivity contribution in [3.63, 3.8) is 0 Å². The highest BCUT2D eigenvalue weighted by molar-refractivity contribution is 5.30. The van der Waals surface area contributed by atoms with E-state index in [0.717, 1.165) is 49.6 Å². The third kappa shape index (κ3) is 3.85. The lowest BCUT2D eigenvalue weighted by Crippen LogP contribution is -2.34. The number of halogens is 1. The number of rotatable bonds is 4. The van der Waals surface area contributed by atoms with E-state index in [4.69, 9.17) is 4.74 Å². The van der Waals surface area contributed by atoms with E-state index in [1.807, 2.05) is 25.3 Å². The molecule has 2 aromatic rings. The van der Waals surface area contributed by atoms with Crippen LogP contribution in [0.2, 0.25) is 0 Å². The van der Waals surface area contributed by atoms with Gasteiger partial charge in [-0.25, -0.2) is 14.4 Å². The Balaban J connectivity index is 1.69. The molecule has 0 unspecified atom stereocenters. The fraction of sp³-hybridized carbons (Fsp3) is 0.444. The number of likely N-dealkylation sites (tertiary alicyclic amines) is 1. The molecule has 1 saturated heterocycles. The predicted molar refractivity (Wildman–Crippen MR) is 87.0 cm³/mol. The van der Waals surface area contributed by atoms with Crippen LogP contribution in [0.5, 0.6) is 5.75 Å². The molecule has 0 amide bonds. The van der Waals surface area contributed by atoms with Gasteiger partial charge in [-0.2, -0.15) is 0 Å². The van der Waals surface area contributed by atoms with E-state index in [2.05, 4.69) is 14.9 Å². The molecule has 5 heteroatoms. The molecule has 4 nitrogen and oxygen atoms in total. The van der Waals surface area contributed by atoms with Crippen LogP contribution in [0.4, 0.5) is 4.39 Å². The van der Waals surface area contributed by atoms with E-state index in [9.17, 15) is 4.39 Å². The molecular weight excluding hydrogens is 293 g/mol. The van der Waals surface area contributed by atoms with Crippen molar-refractivity contribution in [3.05, 3.63) is 53.4 Å². The van der Waals surface area contributed by atoms with Crippen LogP contribution < -0.4 is 4.74 Å². The van der Waals surface area contributed by atoms with Crippen molar-refractivity contribution in [3.8, 4) is 5.75 Å². The van der Waals surface area contributed by atoms with Crippen LogP contribution in [0.25, 0.3) is 0 Å². The first-order chi connectivity index (χ1) is 11.2. The fourth-order valence-corrected chi connectivity index (χ4v) is 3.20. The first kappa shape index (κ1) is 15.9. The highest BCUT2D eigenvalue weighted by atomic mass is 19.1. The van der Waals surface area contributed by atoms with E-state index in [-0.39, 0.29) is 5.82 Å². The molecule has 1 fully saturated rings. The quantitative estimate of drug-likeness (QED) is 0.867. The molecule has 1 atom stereocenters. The summed E-state index contributed by atoms with van der Waals surface area (Å²) >= 11 is 0. The lowest BCUT2D eigenvalue weighted by Gasteiger charge is -2.32. The fourth-order valence-electron chi connectivity index (χ4n) is 3.20. The van der Waals surface area contributed by atoms with Crippen molar-refractivity contribution in [1.29, 1.82) is 0 Å². The lowest BCUT2D eigenvalue weighted by atomic mass is 9.94. The summed E-state index contributed by atoms with van der Waals surface area (Å²) in [5, 5.41) is 0. The third-order valence-corrected chi connectivity index (χ3v) is 4.34. The summed E-state index contributed by atoms with van der Waals surface area (Å²) in [5.41, 5.74) is 2.20. The average Bonchev–Trinajstić information content (AvgIpc) is 2.57. The summed E-state index contributed by atoms with van der Waals surface area (Å²) in [6, 6.07) is 7.11. The zero-order valence-corrected chi connectivity index (χ0v) is 13.6. The molecule has 0 saturated carbocycles. The van der Waals surface area contributed by atoms with E-state index in [1.54, 1.807) is 6.07 Å². The maximum Gasteiger partial charge on any atom is 0.165 e. The van der Waals surface area contributed by atoms with Gasteiger partial charge in [0.15, 0.2) is 11.6 Å². The van der Waals surface area contributed by atoms with Gasteiger partial charge in [0.25, 0.3) is 0 Å². The van der Waals surface area contributed by atoms with Gasteiger partial charge in [-0.05, 0) is 50.1 Å². The van der Waals surface area contributed by atoms with Crippen LogP contribution in [-0.2, 0) is 6.54 Å². The molecule has 0 bridgehead atoms. The van der Waals surface area contributed by atoms with Gasteiger partial charge in [-0.15, -0.1) is 0 Å². The van der Waals surface area contributed by atoms with Crippen LogP contribution in [0.15, 0.2) is 30.5 Å². The van der Waals surface area contributed by atoms with Gasteiger partial charge in [-0.3, -0.25) is 4.90 Å². The molecular formula is C18H22FN3O. The molecule has 0 spiro atoms. The molecule has 0 aliphatic carbocycles. The molecule has 0 radical (unpaired) electrons. The Hall–Kier alpha value is -2.01. The van der Waals surface area contributed by atoms with Crippen molar-refractivity contribution in [2.45, 2.75) is 32.2 Å². The average molecular weight is 315 g/mol. The van der Waals surface area contributed by atoms with Crippen LogP contribution in [0.3, 0.4) is 0 Å². The van der Waals surface area contributed by atoms with Crippen molar-refractivity contribution < 1.29 is 9.13 Å². The number of nitrogens with zero attached hydrogens (tertiary/aromatic N) is 3. The normalized spacial score (nSPS) is 18.8. The van der Waals surface area contributed by atoms with Gasteiger partial charge in [0.2, 0.25) is 0 Å². The van der Waals surface area contributed by atoms with Gasteiger partial charge in [0.1, 0.15) is 5.82 Å². The van der Waals surface area contributed by atoms with Crippen molar-refractivity contribution in [2.75, 3.05) is 20.2 Å². The smallest absolute Gasteiger partial charge is 0.165 e. The SMILES string of the molecule is COc1cc(CN2CCC[C@H](c3ccnc(C)n3)C2)ccc1F. The second-order valence-corrected chi connectivity index (χ2v) is 6.07. The second-order valence-electron chi connectivity index (χ2n) is 6.07. The minimum atomic E-state index is -0.316. The Morgan fingerprint density at radius 1 is 1.35 bits per heavy atom. The summed E-state index contributed by atoms with van der Waals surface area (Å²) in [4.78, 5) is 11.1. The molecule has 1 aliphatic rings. The number of methoxy groups -OCH3 is 1. The number of piperidine rings is 1. The molecule has 2 heterocycles. The van der Waals surface area contributed by atoms with Gasteiger partial charge in [-0.1, -0.05) is 6.07 Å². The molecule has 1 aliphatic heterocycles. The number of benzene rings is 1. The largest absolute Gasteiger partial charge is 0.494 e. The third-order valence-electron chi connectivity index (χ3n) is 4.34. The Bertz CT molecular complexity index is 677. The highest BCUT2D eigenvalue weighted by Crippen LogP contribution is 2.27. The zero-order chi connectivity index (χ0) is 16.2. The first-order valence-electron chi connectivity index (χ1n) is 8.00. The van der Waals surface area contributed by atoms with Gasteiger partial charge in [0, 0.05) is 30.9 Å². The van der Waals surface area contributed by atoms with Crippen molar-refractivity contribution in [1.82, 2.24) is 14.9 Å². The van der Waals surface area contributed by atoms with E-state index < -0.39 is 0 Å². The van der Waals surface area contributed by atoms with E-state index in [0.29, 0.717) is 11.7 Å². The van der Waals surface area contributed by atoms with Crippen LogP contribution >= 0.6 is 0 Å². The number of aromatic nitrogens is 2. The molecule has 122 valence electrons. The summed E-state index contributed by atoms with van der Waals surface area (Å²) in [7, 11) is 1.50. The maximum absolute atomic E-state index is 13.5. The van der Waals surface area contributed by atoms with Crippen LogP contribution in [0, 0.1) is 12.7 Å². The van der Waals surface area contributed by atoms with Crippen LogP contribution in [-0.4, -0.2) is 35.1 Å². The number of aryl methyl sites for hydroxylation is 1. The van der Waals surface area contributed by atoms with Gasteiger partial charge in [0.05, 0.1) is 7.11 Å². The maximum atomic E-state index is 13.5. The van der Waals surface area contributed by atoms with Gasteiger partial charge >= 0.3 is 0 Å². The number of hydrogen-bond donors (Lipinski definition) is 0. The second kappa shape index (κ2) is 7.04. The Morgan fingerprint density at radius 2 is 2.22 bits per heavy atom. The number of ether oxygens (including phenoxy) is 1. The van der Waals surface area contributed by atoms with Crippen LogP contribution in [0.1, 0.15) is 35.8 Å². The number of hydrogen-bond acceptors (Lipinski definition) is 4. The lowest BCUT2D eigenvalue weighted by molar-refractivity contribution is 0.198. The minimum Gasteiger partial charge on any atom is -0.494 e. The van der Waals surface area contributed by atoms with E-state index in [1.165, 1.54) is 13.2 Å². The predicted octanol–water partition coefficient (Wildman–Crippen LogP) is 3.31. The highest BCUT2D eigenvalue weighted by Gasteiger charge is 2.22. The summed E-state index contributed by atoms with van der Waals surface area (Å²) in [6.07, 6.45) is 4.13. The van der Waals surface area contributed by atoms with E-state index >= 15 is 0 Å². The molecule has 1 aromatic carbocycles. The molecule has 0 N–H and O–H groups in total. The first-order valence-corrected chi connectivity index (χ1v) is 8.00. The standard InChI is InChI=1S/C18H22FN3O/c1-13-20-8-7-17(21-13)15-4-3-9-22(12-15)11-14-5-6-16(19)18(10-14)23-2/h5-8,10,15H,3-4,9,11-12H2,1-2H3/t15-/m0/s1. The molecule has 1 aromatic heterocycles. The Kier molecular flexibility index (Phi) is 4.86. The molecule has 3 rings (SSSR count). The minimum absolute atomic E-state index is 0.308. The summed E-state index contributed by atoms with van der Waals surface area (Å²) < 4.78 is 18.6. The topological polar surface area (TPSA) is 38.2 Å². The van der Waals surface area contributed by atoms with Gasteiger partial charge < -0.3 is 4.74 Å². The molecule has 23 heavy (non-hydrogen) atoms. The summed E-state index contributed by atoms with van der Waals surface area (Å²) in [6.45, 7) is 4.75. The zero-order valence-electron chi connectivity index (χ0n) is 13.6. The van der Waals surface area contributed by atoms with Crippen molar-refractivity contribution in [2.24, 2.45) is 0 Å².